The van der Waals surface area contributed by atoms with Gasteiger partial charge >= 0.3 is 0 Å². The maximum absolute atomic E-state index is 9.64. The van der Waals surface area contributed by atoms with E-state index in [-0.39, 0.29) is 11.0 Å². The Balaban J connectivity index is 2.13. The molecule has 0 aromatic heterocycles. The molecule has 0 amide bonds. The molecule has 1 aliphatic carbocycles. The second-order valence-corrected chi connectivity index (χ2v) is 3.66. The van der Waals surface area contributed by atoms with Gasteiger partial charge in [-0.3, -0.25) is 0 Å². The lowest BCUT2D eigenvalue weighted by Crippen LogP contribution is -2.70. The zero-order valence-corrected chi connectivity index (χ0v) is 5.78. The molecule has 1 unspecified atom stereocenters. The van der Waals surface area contributed by atoms with Crippen molar-refractivity contribution in [1.29, 1.82) is 0 Å². The van der Waals surface area contributed by atoms with Crippen LogP contribution < -0.4 is 5.32 Å². The summed E-state index contributed by atoms with van der Waals surface area (Å²) in [5, 5.41) is 12.8. The Morgan fingerprint density at radius 2 is 2.00 bits per heavy atom. The van der Waals surface area contributed by atoms with Gasteiger partial charge in [0, 0.05) is 18.5 Å². The Kier molecular flexibility index (Phi) is 0.837. The smallest absolute Gasteiger partial charge is 0.0700 e. The Hall–Kier alpha value is -0.0800. The Bertz CT molecular complexity index is 132. The van der Waals surface area contributed by atoms with Gasteiger partial charge in [0.05, 0.1) is 5.60 Å². The molecular formula is C7H13NO. The maximum atomic E-state index is 9.64. The second-order valence-electron chi connectivity index (χ2n) is 3.66. The molecule has 0 radical (unpaired) electrons. The summed E-state index contributed by atoms with van der Waals surface area (Å²) in [4.78, 5) is 0. The van der Waals surface area contributed by atoms with Crippen LogP contribution in [0.3, 0.4) is 0 Å². The Morgan fingerprint density at radius 3 is 2.00 bits per heavy atom. The molecule has 1 saturated carbocycles. The molecule has 2 heteroatoms. The van der Waals surface area contributed by atoms with Crippen molar-refractivity contribution in [3.8, 4) is 0 Å². The van der Waals surface area contributed by atoms with Gasteiger partial charge in [-0.2, -0.15) is 0 Å². The van der Waals surface area contributed by atoms with Crippen LogP contribution in [0, 0.1) is 5.41 Å². The van der Waals surface area contributed by atoms with Gasteiger partial charge in [-0.25, -0.2) is 0 Å². The molecule has 1 saturated heterocycles. The largest absolute Gasteiger partial charge is 0.389 e. The number of rotatable bonds is 0. The minimum absolute atomic E-state index is 0.285. The highest BCUT2D eigenvalue weighted by molar-refractivity contribution is 5.12. The summed E-state index contributed by atoms with van der Waals surface area (Å²) in [5.74, 6) is 0. The highest BCUT2D eigenvalue weighted by atomic mass is 16.3. The average molecular weight is 127 g/mol. The van der Waals surface area contributed by atoms with Crippen LogP contribution in [0.25, 0.3) is 0 Å². The summed E-state index contributed by atoms with van der Waals surface area (Å²) in [6.45, 7) is 4.01. The number of hydrogen-bond donors (Lipinski definition) is 2. The maximum Gasteiger partial charge on any atom is 0.0700 e. The highest BCUT2D eigenvalue weighted by Crippen LogP contribution is 2.52. The summed E-state index contributed by atoms with van der Waals surface area (Å²) < 4.78 is 0. The van der Waals surface area contributed by atoms with E-state index in [0.717, 1.165) is 19.5 Å². The zero-order chi connectivity index (χ0) is 6.54. The van der Waals surface area contributed by atoms with Crippen molar-refractivity contribution in [1.82, 2.24) is 5.32 Å². The van der Waals surface area contributed by atoms with Crippen LogP contribution in [0.1, 0.15) is 19.8 Å². The molecule has 2 N–H and O–H groups in total. The van der Waals surface area contributed by atoms with Gasteiger partial charge in [0.1, 0.15) is 0 Å². The fourth-order valence-electron chi connectivity index (χ4n) is 1.82. The van der Waals surface area contributed by atoms with Crippen LogP contribution in [0.15, 0.2) is 0 Å². The summed E-state index contributed by atoms with van der Waals surface area (Å²) in [6, 6.07) is 0. The summed E-state index contributed by atoms with van der Waals surface area (Å²) in [5.41, 5.74) is -0.0642. The van der Waals surface area contributed by atoms with Gasteiger partial charge in [0.2, 0.25) is 0 Å². The van der Waals surface area contributed by atoms with E-state index in [1.807, 2.05) is 6.92 Å². The van der Waals surface area contributed by atoms with E-state index < -0.39 is 0 Å². The third kappa shape index (κ3) is 0.485. The first kappa shape index (κ1) is 5.69. The highest BCUT2D eigenvalue weighted by Gasteiger charge is 2.58. The molecule has 1 aliphatic heterocycles. The van der Waals surface area contributed by atoms with Crippen molar-refractivity contribution in [3.05, 3.63) is 0 Å². The molecule has 0 aromatic carbocycles. The van der Waals surface area contributed by atoms with Crippen molar-refractivity contribution in [3.63, 3.8) is 0 Å². The van der Waals surface area contributed by atoms with Crippen molar-refractivity contribution in [2.75, 3.05) is 13.1 Å². The van der Waals surface area contributed by atoms with E-state index in [1.165, 1.54) is 6.42 Å². The minimum Gasteiger partial charge on any atom is -0.389 e. The molecule has 1 heterocycles. The van der Waals surface area contributed by atoms with E-state index in [1.54, 1.807) is 0 Å². The van der Waals surface area contributed by atoms with Crippen molar-refractivity contribution in [2.45, 2.75) is 25.4 Å². The topological polar surface area (TPSA) is 32.3 Å². The molecule has 0 bridgehead atoms. The fraction of sp³-hybridized carbons (Fsp3) is 1.00. The fourth-order valence-corrected chi connectivity index (χ4v) is 1.82. The number of nitrogens with one attached hydrogen (secondary N) is 1. The summed E-state index contributed by atoms with van der Waals surface area (Å²) >= 11 is 0. The van der Waals surface area contributed by atoms with Crippen molar-refractivity contribution < 1.29 is 5.11 Å². The third-order valence-electron chi connectivity index (χ3n) is 3.16. The monoisotopic (exact) mass is 127 g/mol. The minimum atomic E-state index is -0.349. The summed E-state index contributed by atoms with van der Waals surface area (Å²) in [7, 11) is 0. The zero-order valence-electron chi connectivity index (χ0n) is 5.78. The predicted molar refractivity (Wildman–Crippen MR) is 35.2 cm³/mol. The van der Waals surface area contributed by atoms with Gasteiger partial charge in [0.25, 0.3) is 0 Å². The molecule has 2 aliphatic rings. The average Bonchev–Trinajstić information content (AvgIpc) is 1.59. The Labute approximate surface area is 55.3 Å². The molecule has 1 spiro atoms. The van der Waals surface area contributed by atoms with Crippen LogP contribution in [0.5, 0.6) is 0 Å². The first-order chi connectivity index (χ1) is 4.16. The molecule has 2 rings (SSSR count). The van der Waals surface area contributed by atoms with E-state index in [0.29, 0.717) is 0 Å². The first-order valence-corrected chi connectivity index (χ1v) is 3.59. The van der Waals surface area contributed by atoms with Gasteiger partial charge in [-0.15, -0.1) is 0 Å². The molecule has 9 heavy (non-hydrogen) atoms. The van der Waals surface area contributed by atoms with Crippen molar-refractivity contribution >= 4 is 0 Å². The van der Waals surface area contributed by atoms with Crippen LogP contribution in [0.4, 0.5) is 0 Å². The van der Waals surface area contributed by atoms with Crippen molar-refractivity contribution in [2.24, 2.45) is 5.41 Å². The van der Waals surface area contributed by atoms with E-state index >= 15 is 0 Å². The molecule has 1 atom stereocenters. The summed E-state index contributed by atoms with van der Waals surface area (Å²) in [6.07, 6.45) is 2.21. The standard InChI is InChI=1S/C7H13NO/c1-6(9)2-3-7(6)4-8-5-7/h8-9H,2-5H2,1H3. The SMILES string of the molecule is CC1(O)CCC12CNC2. The number of hydrogen-bond acceptors (Lipinski definition) is 2. The van der Waals surface area contributed by atoms with Gasteiger partial charge in [-0.05, 0) is 19.8 Å². The molecule has 0 aromatic rings. The van der Waals surface area contributed by atoms with E-state index in [9.17, 15) is 5.11 Å². The predicted octanol–water partition coefficient (Wildman–Crippen LogP) is 0.121. The van der Waals surface area contributed by atoms with Gasteiger partial charge in [0.15, 0.2) is 0 Å². The van der Waals surface area contributed by atoms with Crippen LogP contribution >= 0.6 is 0 Å². The lowest BCUT2D eigenvalue weighted by atomic mass is 9.54. The number of aliphatic hydroxyl groups is 1. The molecular weight excluding hydrogens is 114 g/mol. The van der Waals surface area contributed by atoms with E-state index in [2.05, 4.69) is 5.32 Å². The van der Waals surface area contributed by atoms with Crippen LogP contribution in [-0.4, -0.2) is 23.8 Å². The van der Waals surface area contributed by atoms with Crippen LogP contribution in [0.2, 0.25) is 0 Å². The lowest BCUT2D eigenvalue weighted by molar-refractivity contribution is -0.178. The van der Waals surface area contributed by atoms with Crippen LogP contribution in [-0.2, 0) is 0 Å². The first-order valence-electron chi connectivity index (χ1n) is 3.59. The van der Waals surface area contributed by atoms with Gasteiger partial charge in [-0.1, -0.05) is 0 Å². The van der Waals surface area contributed by atoms with Gasteiger partial charge < -0.3 is 10.4 Å². The molecule has 52 valence electrons. The Morgan fingerprint density at radius 1 is 1.33 bits per heavy atom. The normalized spacial score (nSPS) is 46.0. The van der Waals surface area contributed by atoms with E-state index in [4.69, 9.17) is 0 Å². The second kappa shape index (κ2) is 1.32. The molecule has 2 fully saturated rings. The quantitative estimate of drug-likeness (QED) is 0.484. The third-order valence-corrected chi connectivity index (χ3v) is 3.16. The molecule has 2 nitrogen and oxygen atoms in total. The lowest BCUT2D eigenvalue weighted by Gasteiger charge is -2.60.